The molecule has 134 valence electrons. The summed E-state index contributed by atoms with van der Waals surface area (Å²) in [5.41, 5.74) is 8.89. The molecule has 0 unspecified atom stereocenters. The van der Waals surface area contributed by atoms with Gasteiger partial charge in [0.25, 0.3) is 0 Å². The SMILES string of the molecule is NC(=O)CN1CCC(c2cccc(-c3cc4ccncc4[nH]3)c2O)CC1. The molecule has 1 aromatic carbocycles. The van der Waals surface area contributed by atoms with Gasteiger partial charge in [0.05, 0.1) is 24.0 Å². The highest BCUT2D eigenvalue weighted by atomic mass is 16.3. The average molecular weight is 350 g/mol. The number of aromatic amines is 1. The molecular formula is C20H22N4O2. The predicted octanol–water partition coefficient (Wildman–Crippen LogP) is 2.60. The number of nitrogens with one attached hydrogen (secondary N) is 1. The summed E-state index contributed by atoms with van der Waals surface area (Å²) in [6, 6.07) is 9.90. The molecule has 0 saturated carbocycles. The standard InChI is InChI=1S/C20H22N4O2/c21-19(25)12-24-8-5-13(6-9-24)15-2-1-3-16(20(15)26)17-10-14-4-7-22-11-18(14)23-17/h1-4,7,10-11,13,23,26H,5-6,8-9,12H2,(H2,21,25). The number of benzene rings is 1. The van der Waals surface area contributed by atoms with Gasteiger partial charge in [0, 0.05) is 17.1 Å². The molecule has 0 radical (unpaired) electrons. The molecule has 0 spiro atoms. The van der Waals surface area contributed by atoms with Crippen LogP contribution in [0.15, 0.2) is 42.7 Å². The topological polar surface area (TPSA) is 95.2 Å². The Hall–Kier alpha value is -2.86. The van der Waals surface area contributed by atoms with Crippen molar-refractivity contribution in [3.63, 3.8) is 0 Å². The van der Waals surface area contributed by atoms with Gasteiger partial charge in [-0.3, -0.25) is 14.7 Å². The van der Waals surface area contributed by atoms with Crippen LogP contribution in [0.25, 0.3) is 22.2 Å². The molecule has 0 aliphatic carbocycles. The number of phenols is 1. The maximum atomic E-state index is 11.1. The van der Waals surface area contributed by atoms with Crippen LogP contribution in [0.1, 0.15) is 24.3 Å². The molecule has 1 aliphatic heterocycles. The molecule has 0 bridgehead atoms. The van der Waals surface area contributed by atoms with Crippen molar-refractivity contribution in [1.82, 2.24) is 14.9 Å². The van der Waals surface area contributed by atoms with Gasteiger partial charge >= 0.3 is 0 Å². The first-order chi connectivity index (χ1) is 12.6. The Balaban J connectivity index is 1.59. The lowest BCUT2D eigenvalue weighted by Gasteiger charge is -2.31. The smallest absolute Gasteiger partial charge is 0.231 e. The van der Waals surface area contributed by atoms with Crippen molar-refractivity contribution in [1.29, 1.82) is 0 Å². The maximum absolute atomic E-state index is 11.1. The Morgan fingerprint density at radius 2 is 2.12 bits per heavy atom. The van der Waals surface area contributed by atoms with Crippen molar-refractivity contribution in [3.05, 3.63) is 48.3 Å². The predicted molar refractivity (Wildman–Crippen MR) is 101 cm³/mol. The summed E-state index contributed by atoms with van der Waals surface area (Å²) in [5.74, 6) is 0.326. The molecule has 2 aromatic heterocycles. The van der Waals surface area contributed by atoms with E-state index in [1.54, 1.807) is 12.4 Å². The van der Waals surface area contributed by atoms with Crippen LogP contribution >= 0.6 is 0 Å². The monoisotopic (exact) mass is 350 g/mol. The van der Waals surface area contributed by atoms with Crippen LogP contribution in [-0.2, 0) is 4.79 Å². The number of phenolic OH excluding ortho intramolecular Hbond substituents is 1. The summed E-state index contributed by atoms with van der Waals surface area (Å²) in [7, 11) is 0. The number of piperidine rings is 1. The third kappa shape index (κ3) is 3.15. The van der Waals surface area contributed by atoms with E-state index in [2.05, 4.69) is 14.9 Å². The summed E-state index contributed by atoms with van der Waals surface area (Å²) in [5, 5.41) is 12.0. The maximum Gasteiger partial charge on any atom is 0.231 e. The first kappa shape index (κ1) is 16.6. The Morgan fingerprint density at radius 1 is 1.31 bits per heavy atom. The minimum absolute atomic E-state index is 0.283. The second-order valence-corrected chi connectivity index (χ2v) is 6.91. The molecule has 1 aliphatic rings. The molecule has 1 amide bonds. The van der Waals surface area contributed by atoms with Gasteiger partial charge in [0.15, 0.2) is 0 Å². The Labute approximate surface area is 151 Å². The van der Waals surface area contributed by atoms with Crippen molar-refractivity contribution in [2.75, 3.05) is 19.6 Å². The first-order valence-electron chi connectivity index (χ1n) is 8.87. The first-order valence-corrected chi connectivity index (χ1v) is 8.87. The number of fused-ring (bicyclic) bond motifs is 1. The minimum atomic E-state index is -0.290. The second kappa shape index (κ2) is 6.80. The number of nitrogens with zero attached hydrogens (tertiary/aromatic N) is 2. The molecule has 1 saturated heterocycles. The van der Waals surface area contributed by atoms with Crippen molar-refractivity contribution in [2.45, 2.75) is 18.8 Å². The number of hydrogen-bond acceptors (Lipinski definition) is 4. The number of nitrogens with two attached hydrogens (primary N) is 1. The normalized spacial score (nSPS) is 16.2. The number of hydrogen-bond donors (Lipinski definition) is 3. The van der Waals surface area contributed by atoms with Crippen molar-refractivity contribution >= 4 is 16.8 Å². The number of aromatic nitrogens is 2. The van der Waals surface area contributed by atoms with E-state index < -0.39 is 0 Å². The van der Waals surface area contributed by atoms with Crippen molar-refractivity contribution in [3.8, 4) is 17.0 Å². The van der Waals surface area contributed by atoms with E-state index >= 15 is 0 Å². The van der Waals surface area contributed by atoms with Gasteiger partial charge in [-0.15, -0.1) is 0 Å². The molecular weight excluding hydrogens is 328 g/mol. The summed E-state index contributed by atoms with van der Waals surface area (Å²) in [6.07, 6.45) is 5.35. The molecule has 26 heavy (non-hydrogen) atoms. The van der Waals surface area contributed by atoms with E-state index in [4.69, 9.17) is 5.73 Å². The molecule has 6 heteroatoms. The van der Waals surface area contributed by atoms with Gasteiger partial charge < -0.3 is 15.8 Å². The van der Waals surface area contributed by atoms with E-state index in [0.29, 0.717) is 12.3 Å². The van der Waals surface area contributed by atoms with Gasteiger partial charge in [0.2, 0.25) is 5.91 Å². The number of primary amides is 1. The van der Waals surface area contributed by atoms with Crippen molar-refractivity contribution < 1.29 is 9.90 Å². The molecule has 0 atom stereocenters. The van der Waals surface area contributed by atoms with Gasteiger partial charge in [-0.2, -0.15) is 0 Å². The van der Waals surface area contributed by atoms with Gasteiger partial charge in [-0.1, -0.05) is 12.1 Å². The lowest BCUT2D eigenvalue weighted by molar-refractivity contribution is -0.119. The van der Waals surface area contributed by atoms with Crippen molar-refractivity contribution in [2.24, 2.45) is 5.73 Å². The third-order valence-electron chi connectivity index (χ3n) is 5.19. The average Bonchev–Trinajstić information content (AvgIpc) is 3.06. The van der Waals surface area contributed by atoms with Gasteiger partial charge in [-0.25, -0.2) is 0 Å². The second-order valence-electron chi connectivity index (χ2n) is 6.91. The number of H-pyrrole nitrogens is 1. The molecule has 3 aromatic rings. The van der Waals surface area contributed by atoms with E-state index in [0.717, 1.165) is 53.7 Å². The van der Waals surface area contributed by atoms with Crippen LogP contribution in [0.4, 0.5) is 0 Å². The molecule has 3 heterocycles. The van der Waals surface area contributed by atoms with Crippen LogP contribution in [0, 0.1) is 0 Å². The highest BCUT2D eigenvalue weighted by Gasteiger charge is 2.24. The minimum Gasteiger partial charge on any atom is -0.507 e. The fraction of sp³-hybridized carbons (Fsp3) is 0.300. The highest BCUT2D eigenvalue weighted by molar-refractivity contribution is 5.86. The summed E-state index contributed by atoms with van der Waals surface area (Å²) in [4.78, 5) is 20.6. The number of rotatable bonds is 4. The number of aromatic hydroxyl groups is 1. The molecule has 1 fully saturated rings. The highest BCUT2D eigenvalue weighted by Crippen LogP contribution is 2.39. The van der Waals surface area contributed by atoms with Crippen LogP contribution in [0.2, 0.25) is 0 Å². The van der Waals surface area contributed by atoms with E-state index in [9.17, 15) is 9.90 Å². The van der Waals surface area contributed by atoms with E-state index in [-0.39, 0.29) is 11.8 Å². The lowest BCUT2D eigenvalue weighted by Crippen LogP contribution is -2.39. The number of likely N-dealkylation sites (tertiary alicyclic amines) is 1. The summed E-state index contributed by atoms with van der Waals surface area (Å²) in [6.45, 7) is 1.94. The molecule has 4 rings (SSSR count). The molecule has 6 nitrogen and oxygen atoms in total. The quantitative estimate of drug-likeness (QED) is 0.674. The fourth-order valence-electron chi connectivity index (χ4n) is 3.85. The zero-order valence-corrected chi connectivity index (χ0v) is 14.5. The molecule has 4 N–H and O–H groups in total. The van der Waals surface area contributed by atoms with E-state index in [1.165, 1.54) is 0 Å². The zero-order valence-electron chi connectivity index (χ0n) is 14.5. The zero-order chi connectivity index (χ0) is 18.1. The van der Waals surface area contributed by atoms with Crippen LogP contribution in [0.5, 0.6) is 5.75 Å². The number of amides is 1. The number of pyridine rings is 1. The largest absolute Gasteiger partial charge is 0.507 e. The van der Waals surface area contributed by atoms with Crippen LogP contribution in [0.3, 0.4) is 0 Å². The summed E-state index contributed by atoms with van der Waals surface area (Å²) >= 11 is 0. The van der Waals surface area contributed by atoms with Crippen LogP contribution < -0.4 is 5.73 Å². The van der Waals surface area contributed by atoms with Gasteiger partial charge in [0.1, 0.15) is 5.75 Å². The third-order valence-corrected chi connectivity index (χ3v) is 5.19. The Morgan fingerprint density at radius 3 is 2.85 bits per heavy atom. The number of carbonyl (C=O) groups excluding carboxylic acids is 1. The number of para-hydroxylation sites is 1. The lowest BCUT2D eigenvalue weighted by atomic mass is 9.87. The van der Waals surface area contributed by atoms with Gasteiger partial charge in [-0.05, 0) is 55.6 Å². The Kier molecular flexibility index (Phi) is 4.34. The van der Waals surface area contributed by atoms with E-state index in [1.807, 2.05) is 30.3 Å². The van der Waals surface area contributed by atoms with Crippen LogP contribution in [-0.4, -0.2) is 45.5 Å². The summed E-state index contributed by atoms with van der Waals surface area (Å²) < 4.78 is 0. The number of carbonyl (C=O) groups is 1. The Bertz CT molecular complexity index is 909. The fourth-order valence-corrected chi connectivity index (χ4v) is 3.85.